The molecule has 0 heterocycles. The monoisotopic (exact) mass is 228 g/mol. The van der Waals surface area contributed by atoms with Gasteiger partial charge >= 0.3 is 5.97 Å². The second-order valence-corrected chi connectivity index (χ2v) is 4.13. The van der Waals surface area contributed by atoms with Crippen LogP contribution in [0, 0.1) is 23.5 Å². The van der Waals surface area contributed by atoms with Gasteiger partial charge in [0.1, 0.15) is 11.6 Å². The van der Waals surface area contributed by atoms with Crippen LogP contribution in [0.15, 0.2) is 18.2 Å². The zero-order valence-corrected chi connectivity index (χ0v) is 9.21. The Morgan fingerprint density at radius 1 is 1.38 bits per heavy atom. The quantitative estimate of drug-likeness (QED) is 0.860. The van der Waals surface area contributed by atoms with Crippen LogP contribution in [-0.4, -0.2) is 11.1 Å². The van der Waals surface area contributed by atoms with E-state index in [0.29, 0.717) is 0 Å². The highest BCUT2D eigenvalue weighted by molar-refractivity contribution is 5.70. The first-order chi connectivity index (χ1) is 7.41. The summed E-state index contributed by atoms with van der Waals surface area (Å²) < 4.78 is 26.2. The van der Waals surface area contributed by atoms with Crippen LogP contribution in [0.1, 0.15) is 19.4 Å². The third-order valence-corrected chi connectivity index (χ3v) is 2.57. The first-order valence-electron chi connectivity index (χ1n) is 5.08. The molecule has 0 saturated carbocycles. The van der Waals surface area contributed by atoms with Crippen molar-refractivity contribution in [2.45, 2.75) is 20.3 Å². The van der Waals surface area contributed by atoms with Gasteiger partial charge in [0.25, 0.3) is 0 Å². The minimum atomic E-state index is -0.987. The number of benzene rings is 1. The van der Waals surface area contributed by atoms with E-state index < -0.39 is 23.5 Å². The zero-order valence-electron chi connectivity index (χ0n) is 9.21. The van der Waals surface area contributed by atoms with E-state index in [9.17, 15) is 13.6 Å². The molecule has 1 rings (SSSR count). The summed E-state index contributed by atoms with van der Waals surface area (Å²) in [5.74, 6) is -2.92. The molecule has 1 aromatic carbocycles. The smallest absolute Gasteiger partial charge is 0.307 e. The highest BCUT2D eigenvalue weighted by Gasteiger charge is 2.23. The molecule has 1 atom stereocenters. The molecule has 0 aliphatic rings. The Bertz CT molecular complexity index is 389. The van der Waals surface area contributed by atoms with Crippen molar-refractivity contribution in [2.75, 3.05) is 0 Å². The summed E-state index contributed by atoms with van der Waals surface area (Å²) in [4.78, 5) is 10.9. The van der Waals surface area contributed by atoms with Gasteiger partial charge in [-0.2, -0.15) is 0 Å². The van der Waals surface area contributed by atoms with Crippen LogP contribution in [0.25, 0.3) is 0 Å². The number of carbonyl (C=O) groups is 1. The number of carboxylic acid groups (broad SMARTS) is 1. The summed E-state index contributed by atoms with van der Waals surface area (Å²) in [5.41, 5.74) is 0.112. The van der Waals surface area contributed by atoms with Gasteiger partial charge < -0.3 is 5.11 Å². The molecular formula is C12H14F2O2. The fourth-order valence-corrected chi connectivity index (χ4v) is 1.54. The van der Waals surface area contributed by atoms with Gasteiger partial charge in [-0.15, -0.1) is 0 Å². The Kier molecular flexibility index (Phi) is 3.99. The third kappa shape index (κ3) is 3.02. The van der Waals surface area contributed by atoms with Crippen LogP contribution in [0.5, 0.6) is 0 Å². The standard InChI is InChI=1S/C12H14F2O2/c1-7(2)10(12(15)16)6-8-5-9(13)3-4-11(8)14/h3-5,7,10H,6H2,1-2H3,(H,15,16). The molecule has 4 heteroatoms. The predicted molar refractivity (Wildman–Crippen MR) is 56.0 cm³/mol. The molecule has 88 valence electrons. The van der Waals surface area contributed by atoms with E-state index in [4.69, 9.17) is 5.11 Å². The lowest BCUT2D eigenvalue weighted by Crippen LogP contribution is -2.22. The van der Waals surface area contributed by atoms with E-state index in [2.05, 4.69) is 0 Å². The molecule has 0 aliphatic carbocycles. The Hall–Kier alpha value is -1.45. The number of halogens is 2. The van der Waals surface area contributed by atoms with Crippen LogP contribution < -0.4 is 0 Å². The minimum Gasteiger partial charge on any atom is -0.481 e. The van der Waals surface area contributed by atoms with Gasteiger partial charge in [0.15, 0.2) is 0 Å². The van der Waals surface area contributed by atoms with E-state index in [1.165, 1.54) is 0 Å². The Labute approximate surface area is 92.9 Å². The molecule has 16 heavy (non-hydrogen) atoms. The molecule has 0 aromatic heterocycles. The van der Waals surface area contributed by atoms with Gasteiger partial charge in [-0.3, -0.25) is 4.79 Å². The van der Waals surface area contributed by atoms with Gasteiger partial charge in [-0.1, -0.05) is 13.8 Å². The number of rotatable bonds is 4. The molecule has 1 N–H and O–H groups in total. The molecule has 1 aromatic rings. The second kappa shape index (κ2) is 5.05. The molecule has 0 bridgehead atoms. The fourth-order valence-electron chi connectivity index (χ4n) is 1.54. The SMILES string of the molecule is CC(C)C(Cc1cc(F)ccc1F)C(=O)O. The molecule has 0 amide bonds. The van der Waals surface area contributed by atoms with Gasteiger partial charge in [-0.25, -0.2) is 8.78 Å². The lowest BCUT2D eigenvalue weighted by Gasteiger charge is -2.16. The molecule has 0 saturated heterocycles. The molecule has 0 radical (unpaired) electrons. The van der Waals surface area contributed by atoms with E-state index in [1.807, 2.05) is 0 Å². The molecule has 1 unspecified atom stereocenters. The van der Waals surface area contributed by atoms with Crippen molar-refractivity contribution < 1.29 is 18.7 Å². The van der Waals surface area contributed by atoms with Crippen LogP contribution in [0.4, 0.5) is 8.78 Å². The van der Waals surface area contributed by atoms with Crippen LogP contribution >= 0.6 is 0 Å². The third-order valence-electron chi connectivity index (χ3n) is 2.57. The van der Waals surface area contributed by atoms with Crippen molar-refractivity contribution in [2.24, 2.45) is 11.8 Å². The van der Waals surface area contributed by atoms with Gasteiger partial charge in [-0.05, 0) is 36.1 Å². The highest BCUT2D eigenvalue weighted by atomic mass is 19.1. The fraction of sp³-hybridized carbons (Fsp3) is 0.417. The normalized spacial score (nSPS) is 12.8. The topological polar surface area (TPSA) is 37.3 Å². The minimum absolute atomic E-state index is 0.0105. The summed E-state index contributed by atoms with van der Waals surface area (Å²) in [7, 11) is 0. The Balaban J connectivity index is 2.93. The molecular weight excluding hydrogens is 214 g/mol. The average molecular weight is 228 g/mol. The van der Waals surface area contributed by atoms with Crippen LogP contribution in [0.2, 0.25) is 0 Å². The number of hydrogen-bond donors (Lipinski definition) is 1. The van der Waals surface area contributed by atoms with Crippen molar-refractivity contribution in [3.8, 4) is 0 Å². The van der Waals surface area contributed by atoms with Gasteiger partial charge in [0.2, 0.25) is 0 Å². The lowest BCUT2D eigenvalue weighted by molar-refractivity contribution is -0.143. The van der Waals surface area contributed by atoms with E-state index >= 15 is 0 Å². The largest absolute Gasteiger partial charge is 0.481 e. The molecule has 0 spiro atoms. The van der Waals surface area contributed by atoms with Crippen molar-refractivity contribution in [3.05, 3.63) is 35.4 Å². The van der Waals surface area contributed by atoms with Crippen LogP contribution in [-0.2, 0) is 11.2 Å². The molecule has 0 aliphatic heterocycles. The highest BCUT2D eigenvalue weighted by Crippen LogP contribution is 2.20. The maximum Gasteiger partial charge on any atom is 0.307 e. The summed E-state index contributed by atoms with van der Waals surface area (Å²) in [6.45, 7) is 3.49. The van der Waals surface area contributed by atoms with Crippen molar-refractivity contribution in [1.82, 2.24) is 0 Å². The summed E-state index contributed by atoms with van der Waals surface area (Å²) in [6, 6.07) is 3.08. The molecule has 0 fully saturated rings. The van der Waals surface area contributed by atoms with Gasteiger partial charge in [0, 0.05) is 0 Å². The predicted octanol–water partition coefficient (Wildman–Crippen LogP) is 2.86. The lowest BCUT2D eigenvalue weighted by atomic mass is 9.89. The maximum atomic E-state index is 13.3. The maximum absolute atomic E-state index is 13.3. The first kappa shape index (κ1) is 12.6. The van der Waals surface area contributed by atoms with Crippen molar-refractivity contribution in [1.29, 1.82) is 0 Å². The average Bonchev–Trinajstić information content (AvgIpc) is 2.18. The van der Waals surface area contributed by atoms with Crippen molar-refractivity contribution in [3.63, 3.8) is 0 Å². The Morgan fingerprint density at radius 2 is 2.00 bits per heavy atom. The Morgan fingerprint density at radius 3 is 2.50 bits per heavy atom. The first-order valence-corrected chi connectivity index (χ1v) is 5.08. The molecule has 2 nitrogen and oxygen atoms in total. The number of carboxylic acids is 1. The number of hydrogen-bond acceptors (Lipinski definition) is 1. The number of aliphatic carboxylic acids is 1. The second-order valence-electron chi connectivity index (χ2n) is 4.13. The van der Waals surface area contributed by atoms with Crippen molar-refractivity contribution >= 4 is 5.97 Å². The van der Waals surface area contributed by atoms with Crippen LogP contribution in [0.3, 0.4) is 0 Å². The van der Waals surface area contributed by atoms with E-state index in [-0.39, 0.29) is 17.9 Å². The summed E-state index contributed by atoms with van der Waals surface area (Å²) in [5, 5.41) is 8.95. The van der Waals surface area contributed by atoms with Gasteiger partial charge in [0.05, 0.1) is 5.92 Å². The van der Waals surface area contributed by atoms with E-state index in [0.717, 1.165) is 18.2 Å². The zero-order chi connectivity index (χ0) is 12.3. The van der Waals surface area contributed by atoms with E-state index in [1.54, 1.807) is 13.8 Å². The summed E-state index contributed by atoms with van der Waals surface area (Å²) >= 11 is 0. The summed E-state index contributed by atoms with van der Waals surface area (Å²) in [6.07, 6.45) is 0.0105.